The standard InChI is InChI=1S/C27H37N3O3S/c1-22-8-10-23(11-9-22)26(29-16-4-2-5-17-29)20-28-21-27(31)24-12-14-25(15-13-24)34(32,33)30-18-6-3-7-19-30/h8-15,26,28H,2-7,16-21H2,1H3. The van der Waals surface area contributed by atoms with Gasteiger partial charge in [0.15, 0.2) is 5.78 Å². The van der Waals surface area contributed by atoms with Crippen molar-refractivity contribution in [2.75, 3.05) is 39.3 Å². The van der Waals surface area contributed by atoms with Gasteiger partial charge in [-0.25, -0.2) is 8.42 Å². The number of nitrogens with zero attached hydrogens (tertiary/aromatic N) is 2. The van der Waals surface area contributed by atoms with Crippen molar-refractivity contribution in [2.45, 2.75) is 56.4 Å². The molecule has 0 saturated carbocycles. The van der Waals surface area contributed by atoms with E-state index in [1.165, 1.54) is 30.4 Å². The Labute approximate surface area is 204 Å². The monoisotopic (exact) mass is 483 g/mol. The normalized spacial score (nSPS) is 19.1. The molecule has 6 nitrogen and oxygen atoms in total. The number of hydrogen-bond acceptors (Lipinski definition) is 5. The van der Waals surface area contributed by atoms with Crippen LogP contribution in [0.5, 0.6) is 0 Å². The predicted octanol–water partition coefficient (Wildman–Crippen LogP) is 4.17. The van der Waals surface area contributed by atoms with Crippen LogP contribution in [-0.2, 0) is 10.0 Å². The number of ketones is 1. The van der Waals surface area contributed by atoms with Crippen LogP contribution in [0.3, 0.4) is 0 Å². The van der Waals surface area contributed by atoms with Crippen molar-refractivity contribution in [3.63, 3.8) is 0 Å². The Morgan fingerprint density at radius 2 is 1.44 bits per heavy atom. The van der Waals surface area contributed by atoms with E-state index in [9.17, 15) is 13.2 Å². The topological polar surface area (TPSA) is 69.7 Å². The lowest BCUT2D eigenvalue weighted by atomic mass is 10.0. The Kier molecular flexibility index (Phi) is 8.53. The van der Waals surface area contributed by atoms with Gasteiger partial charge in [-0.15, -0.1) is 0 Å². The van der Waals surface area contributed by atoms with E-state index in [-0.39, 0.29) is 23.3 Å². The average molecular weight is 484 g/mol. The fraction of sp³-hybridized carbons (Fsp3) is 0.519. The predicted molar refractivity (Wildman–Crippen MR) is 136 cm³/mol. The second kappa shape index (κ2) is 11.6. The number of carbonyl (C=O) groups is 1. The summed E-state index contributed by atoms with van der Waals surface area (Å²) in [4.78, 5) is 15.6. The van der Waals surface area contributed by atoms with E-state index in [1.807, 2.05) is 0 Å². The number of hydrogen-bond donors (Lipinski definition) is 1. The molecule has 2 aromatic rings. The number of aryl methyl sites for hydroxylation is 1. The number of likely N-dealkylation sites (tertiary alicyclic amines) is 1. The van der Waals surface area contributed by atoms with Crippen LogP contribution in [0.15, 0.2) is 53.4 Å². The minimum absolute atomic E-state index is 0.0248. The zero-order valence-electron chi connectivity index (χ0n) is 20.2. The molecule has 0 aromatic heterocycles. The molecule has 2 fully saturated rings. The van der Waals surface area contributed by atoms with E-state index >= 15 is 0 Å². The Balaban J connectivity index is 1.36. The van der Waals surface area contributed by atoms with Crippen LogP contribution in [0.1, 0.15) is 66.1 Å². The summed E-state index contributed by atoms with van der Waals surface area (Å²) in [7, 11) is -3.48. The molecule has 1 atom stereocenters. The number of carbonyl (C=O) groups excluding carboxylic acids is 1. The fourth-order valence-corrected chi connectivity index (χ4v) is 6.49. The summed E-state index contributed by atoms with van der Waals surface area (Å²) in [5.41, 5.74) is 3.06. The summed E-state index contributed by atoms with van der Waals surface area (Å²) in [5.74, 6) is -0.0248. The molecule has 2 aliphatic heterocycles. The number of piperidine rings is 2. The van der Waals surface area contributed by atoms with Crippen LogP contribution in [0.4, 0.5) is 0 Å². The third kappa shape index (κ3) is 6.13. The van der Waals surface area contributed by atoms with E-state index in [1.54, 1.807) is 28.6 Å². The lowest BCUT2D eigenvalue weighted by Crippen LogP contribution is -2.40. The minimum atomic E-state index is -3.48. The highest BCUT2D eigenvalue weighted by Crippen LogP contribution is 2.25. The fourth-order valence-electron chi connectivity index (χ4n) is 4.97. The maximum atomic E-state index is 12.8. The van der Waals surface area contributed by atoms with E-state index < -0.39 is 10.0 Å². The van der Waals surface area contributed by atoms with Crippen LogP contribution in [0, 0.1) is 6.92 Å². The molecule has 0 bridgehead atoms. The molecule has 2 saturated heterocycles. The van der Waals surface area contributed by atoms with Crippen molar-refractivity contribution in [3.8, 4) is 0 Å². The van der Waals surface area contributed by atoms with E-state index in [0.29, 0.717) is 25.2 Å². The molecule has 7 heteroatoms. The lowest BCUT2D eigenvalue weighted by molar-refractivity contribution is 0.0983. The summed E-state index contributed by atoms with van der Waals surface area (Å²) >= 11 is 0. The number of rotatable bonds is 9. The van der Waals surface area contributed by atoms with Crippen molar-refractivity contribution in [3.05, 3.63) is 65.2 Å². The smallest absolute Gasteiger partial charge is 0.243 e. The highest BCUT2D eigenvalue weighted by molar-refractivity contribution is 7.89. The van der Waals surface area contributed by atoms with Gasteiger partial charge in [0.05, 0.1) is 11.4 Å². The summed E-state index contributed by atoms with van der Waals surface area (Å²) in [5, 5.41) is 3.37. The van der Waals surface area contributed by atoms with E-state index in [0.717, 1.165) is 32.4 Å². The molecule has 184 valence electrons. The quantitative estimate of drug-likeness (QED) is 0.542. The van der Waals surface area contributed by atoms with Gasteiger partial charge in [0, 0.05) is 31.2 Å². The molecule has 0 amide bonds. The second-order valence-electron chi connectivity index (χ2n) is 9.57. The maximum Gasteiger partial charge on any atom is 0.243 e. The molecule has 1 N–H and O–H groups in total. The maximum absolute atomic E-state index is 12.8. The minimum Gasteiger partial charge on any atom is -0.308 e. The summed E-state index contributed by atoms with van der Waals surface area (Å²) < 4.78 is 27.2. The van der Waals surface area contributed by atoms with Gasteiger partial charge in [0.25, 0.3) is 0 Å². The van der Waals surface area contributed by atoms with Crippen molar-refractivity contribution in [1.82, 2.24) is 14.5 Å². The number of benzene rings is 2. The van der Waals surface area contributed by atoms with Crippen molar-refractivity contribution < 1.29 is 13.2 Å². The van der Waals surface area contributed by atoms with Crippen molar-refractivity contribution in [2.24, 2.45) is 0 Å². The van der Waals surface area contributed by atoms with Gasteiger partial charge in [-0.1, -0.05) is 54.8 Å². The van der Waals surface area contributed by atoms with Gasteiger partial charge in [-0.05, 0) is 63.4 Å². The molecule has 2 aromatic carbocycles. The van der Waals surface area contributed by atoms with Crippen LogP contribution < -0.4 is 5.32 Å². The second-order valence-corrected chi connectivity index (χ2v) is 11.5. The molecule has 1 unspecified atom stereocenters. The molecular formula is C27H37N3O3S. The van der Waals surface area contributed by atoms with Gasteiger partial charge < -0.3 is 5.32 Å². The summed E-state index contributed by atoms with van der Waals surface area (Å²) in [6, 6.07) is 15.4. The molecule has 0 spiro atoms. The zero-order chi connectivity index (χ0) is 24.0. The van der Waals surface area contributed by atoms with Crippen molar-refractivity contribution >= 4 is 15.8 Å². The molecule has 4 rings (SSSR count). The SMILES string of the molecule is Cc1ccc(C(CNCC(=O)c2ccc(S(=O)(=O)N3CCCCC3)cc2)N2CCCCC2)cc1. The van der Waals surface area contributed by atoms with Crippen LogP contribution >= 0.6 is 0 Å². The van der Waals surface area contributed by atoms with Crippen LogP contribution in [-0.4, -0.2) is 62.7 Å². The first-order chi connectivity index (χ1) is 16.4. The lowest BCUT2D eigenvalue weighted by Gasteiger charge is -2.35. The number of Topliss-reactive ketones (excluding diaryl/α,β-unsaturated/α-hetero) is 1. The third-order valence-electron chi connectivity index (χ3n) is 7.05. The summed E-state index contributed by atoms with van der Waals surface area (Å²) in [6.45, 7) is 6.35. The largest absolute Gasteiger partial charge is 0.308 e. The van der Waals surface area contributed by atoms with Gasteiger partial charge >= 0.3 is 0 Å². The Morgan fingerprint density at radius 1 is 0.853 bits per heavy atom. The molecule has 0 radical (unpaired) electrons. The van der Waals surface area contributed by atoms with Crippen molar-refractivity contribution in [1.29, 1.82) is 0 Å². The Hall–Kier alpha value is -2.06. The Morgan fingerprint density at radius 3 is 2.06 bits per heavy atom. The molecule has 2 aliphatic rings. The van der Waals surface area contributed by atoms with E-state index in [4.69, 9.17) is 0 Å². The molecule has 2 heterocycles. The molecule has 0 aliphatic carbocycles. The van der Waals surface area contributed by atoms with Crippen LogP contribution in [0.2, 0.25) is 0 Å². The van der Waals surface area contributed by atoms with Gasteiger partial charge in [-0.3, -0.25) is 9.69 Å². The highest BCUT2D eigenvalue weighted by Gasteiger charge is 2.26. The first kappa shape index (κ1) is 25.0. The summed E-state index contributed by atoms with van der Waals surface area (Å²) in [6.07, 6.45) is 6.61. The zero-order valence-corrected chi connectivity index (χ0v) is 21.0. The van der Waals surface area contributed by atoms with Crippen LogP contribution in [0.25, 0.3) is 0 Å². The first-order valence-electron chi connectivity index (χ1n) is 12.6. The number of nitrogens with one attached hydrogen (secondary N) is 1. The number of sulfonamides is 1. The third-order valence-corrected chi connectivity index (χ3v) is 8.96. The first-order valence-corrected chi connectivity index (χ1v) is 14.0. The van der Waals surface area contributed by atoms with E-state index in [2.05, 4.69) is 41.4 Å². The highest BCUT2D eigenvalue weighted by atomic mass is 32.2. The van der Waals surface area contributed by atoms with Gasteiger partial charge in [-0.2, -0.15) is 4.31 Å². The Bertz CT molecular complexity index is 1040. The molecule has 34 heavy (non-hydrogen) atoms. The van der Waals surface area contributed by atoms with Gasteiger partial charge in [0.1, 0.15) is 0 Å². The average Bonchev–Trinajstić information content (AvgIpc) is 2.88. The molecular weight excluding hydrogens is 446 g/mol. The van der Waals surface area contributed by atoms with Gasteiger partial charge in [0.2, 0.25) is 10.0 Å².